The topological polar surface area (TPSA) is 77.8 Å². The highest BCUT2D eigenvalue weighted by Crippen LogP contribution is 2.33. The van der Waals surface area contributed by atoms with Gasteiger partial charge in [-0.25, -0.2) is 4.39 Å². The Hall–Kier alpha value is -2.11. The predicted octanol–water partition coefficient (Wildman–Crippen LogP) is 2.38. The molecule has 2 aliphatic rings. The summed E-state index contributed by atoms with van der Waals surface area (Å²) in [6.07, 6.45) is 2.86. The van der Waals surface area contributed by atoms with Crippen molar-refractivity contribution in [2.24, 2.45) is 11.8 Å². The number of hydrogen-bond acceptors (Lipinski definition) is 3. The van der Waals surface area contributed by atoms with E-state index in [9.17, 15) is 19.1 Å². The monoisotopic (exact) mass is 307 g/mol. The minimum absolute atomic E-state index is 0.189. The molecule has 0 bridgehead atoms. The lowest BCUT2D eigenvalue weighted by atomic mass is 9.82. The smallest absolute Gasteiger partial charge is 0.306 e. The fourth-order valence-corrected chi connectivity index (χ4v) is 3.43. The van der Waals surface area contributed by atoms with Crippen LogP contribution in [0.1, 0.15) is 41.6 Å². The molecule has 5 nitrogen and oxygen atoms in total. The van der Waals surface area contributed by atoms with E-state index < -0.39 is 17.5 Å². The van der Waals surface area contributed by atoms with Gasteiger partial charge in [0.15, 0.2) is 11.6 Å². The SMILES string of the molecule is O=C(O)C1CCC(CN2Cc3cc(F)c(O)cc3C2=O)CC1. The van der Waals surface area contributed by atoms with Gasteiger partial charge in [-0.15, -0.1) is 0 Å². The molecule has 0 radical (unpaired) electrons. The molecule has 1 aromatic rings. The molecular weight excluding hydrogens is 289 g/mol. The molecule has 1 heterocycles. The largest absolute Gasteiger partial charge is 0.505 e. The van der Waals surface area contributed by atoms with Gasteiger partial charge in [0.2, 0.25) is 0 Å². The van der Waals surface area contributed by atoms with E-state index in [-0.39, 0.29) is 17.7 Å². The number of amides is 1. The number of aliphatic carboxylic acids is 1. The lowest BCUT2D eigenvalue weighted by Gasteiger charge is -2.29. The van der Waals surface area contributed by atoms with Crippen molar-refractivity contribution in [2.75, 3.05) is 6.54 Å². The van der Waals surface area contributed by atoms with E-state index in [1.165, 1.54) is 12.1 Å². The van der Waals surface area contributed by atoms with Crippen LogP contribution < -0.4 is 0 Å². The lowest BCUT2D eigenvalue weighted by Crippen LogP contribution is -2.32. The Morgan fingerprint density at radius 3 is 2.59 bits per heavy atom. The van der Waals surface area contributed by atoms with Crippen molar-refractivity contribution >= 4 is 11.9 Å². The third-order valence-electron chi connectivity index (χ3n) is 4.73. The number of phenolic OH excluding ortho intramolecular Hbond substituents is 1. The van der Waals surface area contributed by atoms with Crippen LogP contribution in [-0.2, 0) is 11.3 Å². The van der Waals surface area contributed by atoms with E-state index in [1.54, 1.807) is 4.90 Å². The zero-order valence-corrected chi connectivity index (χ0v) is 12.1. The standard InChI is InChI=1S/C16H18FNO4/c17-13-5-11-8-18(15(20)12(11)6-14(13)19)7-9-1-3-10(4-2-9)16(21)22/h5-6,9-10,19H,1-4,7-8H2,(H,21,22). The van der Waals surface area contributed by atoms with Crippen molar-refractivity contribution in [3.63, 3.8) is 0 Å². The van der Waals surface area contributed by atoms with Gasteiger partial charge in [-0.3, -0.25) is 9.59 Å². The Morgan fingerprint density at radius 2 is 1.95 bits per heavy atom. The molecule has 6 heteroatoms. The molecule has 0 spiro atoms. The van der Waals surface area contributed by atoms with Crippen molar-refractivity contribution < 1.29 is 24.2 Å². The first-order chi connectivity index (χ1) is 10.5. The van der Waals surface area contributed by atoms with Crippen LogP contribution in [0.3, 0.4) is 0 Å². The molecule has 2 N–H and O–H groups in total. The summed E-state index contributed by atoms with van der Waals surface area (Å²) in [5.41, 5.74) is 0.956. The molecular formula is C16H18FNO4. The molecule has 1 fully saturated rings. The van der Waals surface area contributed by atoms with Gasteiger partial charge in [-0.05, 0) is 49.3 Å². The van der Waals surface area contributed by atoms with Crippen molar-refractivity contribution in [2.45, 2.75) is 32.2 Å². The molecule has 1 saturated carbocycles. The van der Waals surface area contributed by atoms with Gasteiger partial charge in [-0.1, -0.05) is 0 Å². The number of rotatable bonds is 3. The predicted molar refractivity (Wildman–Crippen MR) is 75.9 cm³/mol. The first kappa shape index (κ1) is 14.8. The number of benzene rings is 1. The van der Waals surface area contributed by atoms with Gasteiger partial charge in [0, 0.05) is 18.7 Å². The molecule has 118 valence electrons. The third-order valence-corrected chi connectivity index (χ3v) is 4.73. The zero-order chi connectivity index (χ0) is 15.9. The van der Waals surface area contributed by atoms with Gasteiger partial charge in [0.05, 0.1) is 5.92 Å². The average Bonchev–Trinajstić information content (AvgIpc) is 2.77. The van der Waals surface area contributed by atoms with E-state index in [2.05, 4.69) is 0 Å². The van der Waals surface area contributed by atoms with Gasteiger partial charge in [-0.2, -0.15) is 0 Å². The van der Waals surface area contributed by atoms with Crippen molar-refractivity contribution in [1.29, 1.82) is 0 Å². The molecule has 0 saturated heterocycles. The van der Waals surface area contributed by atoms with Crippen molar-refractivity contribution in [3.8, 4) is 5.75 Å². The molecule has 1 aromatic carbocycles. The van der Waals surface area contributed by atoms with Crippen LogP contribution in [0.25, 0.3) is 0 Å². The third kappa shape index (κ3) is 2.65. The van der Waals surface area contributed by atoms with Crippen LogP contribution in [0.5, 0.6) is 5.75 Å². The minimum atomic E-state index is -0.742. The summed E-state index contributed by atoms with van der Waals surface area (Å²) in [5.74, 6) is -2.13. The summed E-state index contributed by atoms with van der Waals surface area (Å²) in [6.45, 7) is 0.909. The van der Waals surface area contributed by atoms with Crippen LogP contribution in [0.2, 0.25) is 0 Å². The maximum Gasteiger partial charge on any atom is 0.306 e. The quantitative estimate of drug-likeness (QED) is 0.898. The van der Waals surface area contributed by atoms with Gasteiger partial charge >= 0.3 is 5.97 Å². The summed E-state index contributed by atoms with van der Waals surface area (Å²) < 4.78 is 13.4. The van der Waals surface area contributed by atoms with E-state index >= 15 is 0 Å². The number of carbonyl (C=O) groups is 2. The molecule has 1 amide bonds. The van der Waals surface area contributed by atoms with Gasteiger partial charge < -0.3 is 15.1 Å². The number of hydrogen-bond donors (Lipinski definition) is 2. The number of halogens is 1. The van der Waals surface area contributed by atoms with Crippen LogP contribution in [0.15, 0.2) is 12.1 Å². The second-order valence-corrected chi connectivity index (χ2v) is 6.20. The normalized spacial score (nSPS) is 24.4. The molecule has 3 rings (SSSR count). The summed E-state index contributed by atoms with van der Waals surface area (Å²) >= 11 is 0. The Kier molecular flexibility index (Phi) is 3.76. The van der Waals surface area contributed by atoms with Gasteiger partial charge in [0.1, 0.15) is 0 Å². The fourth-order valence-electron chi connectivity index (χ4n) is 3.43. The second kappa shape index (κ2) is 5.59. The van der Waals surface area contributed by atoms with Crippen LogP contribution in [0, 0.1) is 17.7 Å². The number of aromatic hydroxyl groups is 1. The second-order valence-electron chi connectivity index (χ2n) is 6.20. The molecule has 1 aliphatic carbocycles. The highest BCUT2D eigenvalue weighted by Gasteiger charge is 2.32. The van der Waals surface area contributed by atoms with Crippen LogP contribution in [-0.4, -0.2) is 33.5 Å². The lowest BCUT2D eigenvalue weighted by molar-refractivity contribution is -0.143. The molecule has 0 atom stereocenters. The van der Waals surface area contributed by atoms with E-state index in [1.807, 2.05) is 0 Å². The molecule has 22 heavy (non-hydrogen) atoms. The summed E-state index contributed by atoms with van der Waals surface area (Å²) in [5, 5.41) is 18.4. The van der Waals surface area contributed by atoms with Gasteiger partial charge in [0.25, 0.3) is 5.91 Å². The zero-order valence-electron chi connectivity index (χ0n) is 12.1. The summed E-state index contributed by atoms with van der Waals surface area (Å²) in [4.78, 5) is 24.9. The van der Waals surface area contributed by atoms with Crippen molar-refractivity contribution in [1.82, 2.24) is 4.90 Å². The Morgan fingerprint density at radius 1 is 1.27 bits per heavy atom. The highest BCUT2D eigenvalue weighted by atomic mass is 19.1. The van der Waals surface area contributed by atoms with Crippen LogP contribution >= 0.6 is 0 Å². The Balaban J connectivity index is 1.64. The number of fused-ring (bicyclic) bond motifs is 1. The summed E-state index contributed by atoms with van der Waals surface area (Å²) in [7, 11) is 0. The number of nitrogens with zero attached hydrogens (tertiary/aromatic N) is 1. The number of carbonyl (C=O) groups excluding carboxylic acids is 1. The Bertz CT molecular complexity index is 623. The number of carboxylic acids is 1. The summed E-state index contributed by atoms with van der Waals surface area (Å²) in [6, 6.07) is 2.40. The number of carboxylic acid groups (broad SMARTS) is 1. The van der Waals surface area contributed by atoms with E-state index in [0.29, 0.717) is 37.1 Å². The first-order valence-electron chi connectivity index (χ1n) is 7.49. The van der Waals surface area contributed by atoms with E-state index in [0.717, 1.165) is 12.8 Å². The molecule has 1 aliphatic heterocycles. The number of phenols is 1. The molecule has 0 unspecified atom stereocenters. The maximum atomic E-state index is 13.4. The fraction of sp³-hybridized carbons (Fsp3) is 0.500. The molecule has 0 aromatic heterocycles. The maximum absolute atomic E-state index is 13.4. The highest BCUT2D eigenvalue weighted by molar-refractivity contribution is 5.98. The van der Waals surface area contributed by atoms with Crippen LogP contribution in [0.4, 0.5) is 4.39 Å². The first-order valence-corrected chi connectivity index (χ1v) is 7.49. The van der Waals surface area contributed by atoms with E-state index in [4.69, 9.17) is 5.11 Å². The minimum Gasteiger partial charge on any atom is -0.505 e. The van der Waals surface area contributed by atoms with Crippen molar-refractivity contribution in [3.05, 3.63) is 29.1 Å². The Labute approximate surface area is 127 Å². The average molecular weight is 307 g/mol.